The van der Waals surface area contributed by atoms with Crippen molar-refractivity contribution < 1.29 is 4.79 Å². The van der Waals surface area contributed by atoms with Crippen LogP contribution >= 0.6 is 23.4 Å². The van der Waals surface area contributed by atoms with Gasteiger partial charge in [0.15, 0.2) is 10.8 Å². The van der Waals surface area contributed by atoms with Gasteiger partial charge in [-0.05, 0) is 44.2 Å². The number of aryl methyl sites for hydroxylation is 1. The predicted octanol–water partition coefficient (Wildman–Crippen LogP) is 4.23. The number of nitrogens with zero attached hydrogens (tertiary/aromatic N) is 5. The molecule has 0 aliphatic rings. The summed E-state index contributed by atoms with van der Waals surface area (Å²) in [6.07, 6.45) is 0. The molecule has 0 aliphatic carbocycles. The second-order valence-electron chi connectivity index (χ2n) is 6.36. The van der Waals surface area contributed by atoms with Gasteiger partial charge in [0.05, 0.1) is 21.4 Å². The first-order chi connectivity index (χ1) is 14.0. The predicted molar refractivity (Wildman–Crippen MR) is 113 cm³/mol. The quantitative estimate of drug-likeness (QED) is 0.390. The number of halogens is 1. The van der Waals surface area contributed by atoms with Crippen molar-refractivity contribution >= 4 is 51.5 Å². The minimum Gasteiger partial charge on any atom is -0.325 e. The molecule has 9 heteroatoms. The van der Waals surface area contributed by atoms with E-state index in [9.17, 15) is 4.79 Å². The van der Waals surface area contributed by atoms with E-state index in [1.54, 1.807) is 29.6 Å². The number of carbonyl (C=O) groups is 1. The van der Waals surface area contributed by atoms with Crippen LogP contribution in [0.3, 0.4) is 0 Å². The molecule has 0 radical (unpaired) electrons. The van der Waals surface area contributed by atoms with E-state index in [2.05, 4.69) is 20.4 Å². The van der Waals surface area contributed by atoms with Gasteiger partial charge in [-0.2, -0.15) is 9.78 Å². The summed E-state index contributed by atoms with van der Waals surface area (Å²) in [4.78, 5) is 21.8. The minimum atomic E-state index is -0.453. The molecule has 0 saturated heterocycles. The van der Waals surface area contributed by atoms with Crippen LogP contribution in [0.2, 0.25) is 5.02 Å². The van der Waals surface area contributed by atoms with Gasteiger partial charge in [-0.15, -0.1) is 5.10 Å². The third-order valence-electron chi connectivity index (χ3n) is 4.26. The lowest BCUT2D eigenvalue weighted by Gasteiger charge is -2.13. The van der Waals surface area contributed by atoms with E-state index < -0.39 is 5.25 Å². The van der Waals surface area contributed by atoms with Gasteiger partial charge in [0, 0.05) is 11.1 Å². The van der Waals surface area contributed by atoms with Gasteiger partial charge in [-0.1, -0.05) is 35.5 Å². The fourth-order valence-corrected chi connectivity index (χ4v) is 3.93. The maximum absolute atomic E-state index is 12.7. The van der Waals surface area contributed by atoms with Gasteiger partial charge in [-0.3, -0.25) is 4.79 Å². The van der Waals surface area contributed by atoms with Crippen molar-refractivity contribution in [1.82, 2.24) is 19.6 Å². The van der Waals surface area contributed by atoms with Gasteiger partial charge in [0.25, 0.3) is 0 Å². The summed E-state index contributed by atoms with van der Waals surface area (Å²) in [5.41, 5.74) is 2.39. The first-order valence-electron chi connectivity index (χ1n) is 8.75. The van der Waals surface area contributed by atoms with Crippen LogP contribution in [0.5, 0.6) is 0 Å². The molecular formula is C20H15ClN6OS. The van der Waals surface area contributed by atoms with E-state index in [-0.39, 0.29) is 5.91 Å². The van der Waals surface area contributed by atoms with Crippen molar-refractivity contribution in [3.63, 3.8) is 0 Å². The number of carbonyl (C=O) groups excluding carboxylic acids is 1. The molecule has 1 amide bonds. The zero-order chi connectivity index (χ0) is 20.5. The van der Waals surface area contributed by atoms with Crippen molar-refractivity contribution in [3.8, 4) is 6.07 Å². The molecule has 1 atom stereocenters. The zero-order valence-corrected chi connectivity index (χ0v) is 17.1. The number of aromatic nitrogens is 4. The Morgan fingerprint density at radius 1 is 1.28 bits per heavy atom. The summed E-state index contributed by atoms with van der Waals surface area (Å²) in [7, 11) is 0. The number of amides is 1. The first kappa shape index (κ1) is 19.2. The topological polar surface area (TPSA) is 96.0 Å². The number of anilines is 1. The van der Waals surface area contributed by atoms with Crippen LogP contribution in [0.25, 0.3) is 16.6 Å². The molecule has 29 heavy (non-hydrogen) atoms. The first-order valence-corrected chi connectivity index (χ1v) is 10.0. The molecule has 2 aromatic carbocycles. The standard InChI is InChI=1S/C20H15ClN6OS/c1-11(19(28)24-14-8-7-13(10-22)16(21)9-14)29-20-25-17-6-4-3-5-15(17)18-23-12(2)26-27(18)20/h3-9,11H,1-2H3,(H,24,28). The molecule has 1 unspecified atom stereocenters. The summed E-state index contributed by atoms with van der Waals surface area (Å²) >= 11 is 7.33. The van der Waals surface area contributed by atoms with Crippen LogP contribution in [0.4, 0.5) is 5.69 Å². The Balaban J connectivity index is 1.61. The number of fused-ring (bicyclic) bond motifs is 3. The highest BCUT2D eigenvalue weighted by Crippen LogP contribution is 2.27. The van der Waals surface area contributed by atoms with Crippen molar-refractivity contribution in [3.05, 3.63) is 58.9 Å². The van der Waals surface area contributed by atoms with Crippen LogP contribution in [-0.4, -0.2) is 30.7 Å². The third-order valence-corrected chi connectivity index (χ3v) is 5.62. The highest BCUT2D eigenvalue weighted by atomic mass is 35.5. The summed E-state index contributed by atoms with van der Waals surface area (Å²) in [6, 6.07) is 14.5. The fourth-order valence-electron chi connectivity index (χ4n) is 2.85. The maximum atomic E-state index is 12.7. The van der Waals surface area contributed by atoms with E-state index >= 15 is 0 Å². The average Bonchev–Trinajstić information content (AvgIpc) is 3.10. The van der Waals surface area contributed by atoms with Crippen molar-refractivity contribution in [2.24, 2.45) is 0 Å². The Hall–Kier alpha value is -3.15. The van der Waals surface area contributed by atoms with Crippen LogP contribution in [0, 0.1) is 18.3 Å². The smallest absolute Gasteiger partial charge is 0.237 e. The van der Waals surface area contributed by atoms with E-state index in [0.717, 1.165) is 10.9 Å². The van der Waals surface area contributed by atoms with Gasteiger partial charge >= 0.3 is 0 Å². The second-order valence-corrected chi connectivity index (χ2v) is 8.08. The van der Waals surface area contributed by atoms with E-state index in [1.807, 2.05) is 37.3 Å². The average molecular weight is 423 g/mol. The Labute approximate surface area is 175 Å². The Kier molecular flexibility index (Phi) is 5.09. The van der Waals surface area contributed by atoms with E-state index in [4.69, 9.17) is 16.9 Å². The summed E-state index contributed by atoms with van der Waals surface area (Å²) in [6.45, 7) is 3.61. The largest absolute Gasteiger partial charge is 0.325 e. The lowest BCUT2D eigenvalue weighted by molar-refractivity contribution is -0.115. The summed E-state index contributed by atoms with van der Waals surface area (Å²) in [5, 5.41) is 17.5. The van der Waals surface area contributed by atoms with Crippen molar-refractivity contribution in [2.75, 3.05) is 5.32 Å². The van der Waals surface area contributed by atoms with Gasteiger partial charge < -0.3 is 5.32 Å². The Morgan fingerprint density at radius 2 is 2.07 bits per heavy atom. The minimum absolute atomic E-state index is 0.212. The van der Waals surface area contributed by atoms with Gasteiger partial charge in [-0.25, -0.2) is 9.97 Å². The van der Waals surface area contributed by atoms with E-state index in [0.29, 0.717) is 32.9 Å². The Morgan fingerprint density at radius 3 is 2.83 bits per heavy atom. The molecule has 7 nitrogen and oxygen atoms in total. The van der Waals surface area contributed by atoms with Crippen LogP contribution in [-0.2, 0) is 4.79 Å². The summed E-state index contributed by atoms with van der Waals surface area (Å²) < 4.78 is 1.67. The van der Waals surface area contributed by atoms with Crippen molar-refractivity contribution in [1.29, 1.82) is 5.26 Å². The van der Waals surface area contributed by atoms with Crippen molar-refractivity contribution in [2.45, 2.75) is 24.3 Å². The molecule has 0 fully saturated rings. The zero-order valence-electron chi connectivity index (χ0n) is 15.5. The maximum Gasteiger partial charge on any atom is 0.237 e. The number of thioether (sulfide) groups is 1. The molecule has 2 heterocycles. The number of nitriles is 1. The highest BCUT2D eigenvalue weighted by Gasteiger charge is 2.20. The normalized spacial score (nSPS) is 12.1. The molecule has 144 valence electrons. The monoisotopic (exact) mass is 422 g/mol. The fraction of sp³-hybridized carbons (Fsp3) is 0.150. The van der Waals surface area contributed by atoms with Gasteiger partial charge in [0.1, 0.15) is 11.9 Å². The molecule has 4 aromatic rings. The van der Waals surface area contributed by atoms with Crippen LogP contribution < -0.4 is 5.32 Å². The molecule has 0 aliphatic heterocycles. The highest BCUT2D eigenvalue weighted by molar-refractivity contribution is 8.00. The molecule has 1 N–H and O–H groups in total. The van der Waals surface area contributed by atoms with Crippen LogP contribution in [0.15, 0.2) is 47.6 Å². The summed E-state index contributed by atoms with van der Waals surface area (Å²) in [5.74, 6) is 0.421. The molecule has 0 saturated carbocycles. The number of rotatable bonds is 4. The number of nitrogens with one attached hydrogen (secondary N) is 1. The van der Waals surface area contributed by atoms with E-state index in [1.165, 1.54) is 11.8 Å². The third kappa shape index (κ3) is 3.75. The van der Waals surface area contributed by atoms with Gasteiger partial charge in [0.2, 0.25) is 5.91 Å². The van der Waals surface area contributed by atoms with Crippen LogP contribution in [0.1, 0.15) is 18.3 Å². The SMILES string of the molecule is Cc1nc2c3ccccc3nc(SC(C)C(=O)Nc3ccc(C#N)c(Cl)c3)n2n1. The Bertz CT molecular complexity index is 1300. The molecule has 2 aromatic heterocycles. The molecular weight excluding hydrogens is 408 g/mol. The lowest BCUT2D eigenvalue weighted by Crippen LogP contribution is -2.23. The number of benzene rings is 2. The lowest BCUT2D eigenvalue weighted by atomic mass is 10.2. The second kappa shape index (κ2) is 7.70. The molecule has 0 bridgehead atoms. The number of hydrogen-bond donors (Lipinski definition) is 1. The molecule has 4 rings (SSSR count). The number of para-hydroxylation sites is 1. The number of hydrogen-bond acceptors (Lipinski definition) is 6. The molecule has 0 spiro atoms.